The number of hydrazone groups is 1. The molecular weight excluding hydrogens is 288 g/mol. The highest BCUT2D eigenvalue weighted by atomic mass is 35.5. The molecule has 0 saturated heterocycles. The van der Waals surface area contributed by atoms with Gasteiger partial charge in [0.1, 0.15) is 0 Å². The molecule has 2 rings (SSSR count). The standard InChI is InChI=1S/C16H15ClN2O2/c1-10-3-4-11(2)13(7-10)9-18-19-15-8-12(16(20)21)5-6-14(15)17/h3-9,19H,1-2H3,(H,20,21)/p-1/b18-9-. The summed E-state index contributed by atoms with van der Waals surface area (Å²) in [5, 5.41) is 15.3. The second-order valence-corrected chi connectivity index (χ2v) is 5.12. The summed E-state index contributed by atoms with van der Waals surface area (Å²) in [6.45, 7) is 3.99. The zero-order chi connectivity index (χ0) is 15.4. The zero-order valence-corrected chi connectivity index (χ0v) is 12.4. The minimum absolute atomic E-state index is 0.0452. The minimum atomic E-state index is -1.26. The van der Waals surface area contributed by atoms with Gasteiger partial charge < -0.3 is 9.90 Å². The minimum Gasteiger partial charge on any atom is -0.545 e. The van der Waals surface area contributed by atoms with Crippen LogP contribution >= 0.6 is 11.6 Å². The molecule has 2 aromatic rings. The van der Waals surface area contributed by atoms with Crippen LogP contribution in [0.15, 0.2) is 41.5 Å². The summed E-state index contributed by atoms with van der Waals surface area (Å²) in [5.74, 6) is -1.26. The summed E-state index contributed by atoms with van der Waals surface area (Å²) in [5.41, 5.74) is 6.43. The fourth-order valence-electron chi connectivity index (χ4n) is 1.81. The third-order valence-electron chi connectivity index (χ3n) is 3.03. The van der Waals surface area contributed by atoms with Crippen LogP contribution in [-0.2, 0) is 0 Å². The molecule has 1 N–H and O–H groups in total. The van der Waals surface area contributed by atoms with Crippen LogP contribution in [0.2, 0.25) is 5.02 Å². The van der Waals surface area contributed by atoms with Crippen molar-refractivity contribution in [2.45, 2.75) is 13.8 Å². The molecule has 0 heterocycles. The lowest BCUT2D eigenvalue weighted by Crippen LogP contribution is -2.22. The fourth-order valence-corrected chi connectivity index (χ4v) is 1.97. The Morgan fingerprint density at radius 2 is 2.00 bits per heavy atom. The summed E-state index contributed by atoms with van der Waals surface area (Å²) < 4.78 is 0. The third kappa shape index (κ3) is 3.83. The highest BCUT2D eigenvalue weighted by Crippen LogP contribution is 2.22. The molecule has 21 heavy (non-hydrogen) atoms. The third-order valence-corrected chi connectivity index (χ3v) is 3.36. The monoisotopic (exact) mass is 301 g/mol. The zero-order valence-electron chi connectivity index (χ0n) is 11.7. The molecule has 0 aliphatic carbocycles. The summed E-state index contributed by atoms with van der Waals surface area (Å²) in [6, 6.07) is 10.3. The van der Waals surface area contributed by atoms with E-state index in [4.69, 9.17) is 11.6 Å². The number of carbonyl (C=O) groups is 1. The van der Waals surface area contributed by atoms with Gasteiger partial charge in [-0.1, -0.05) is 41.4 Å². The van der Waals surface area contributed by atoms with Crippen molar-refractivity contribution < 1.29 is 9.90 Å². The Balaban J connectivity index is 2.19. The molecule has 0 aliphatic rings. The van der Waals surface area contributed by atoms with E-state index in [1.165, 1.54) is 18.2 Å². The summed E-state index contributed by atoms with van der Waals surface area (Å²) in [4.78, 5) is 10.8. The molecule has 0 aliphatic heterocycles. The number of aromatic carboxylic acids is 1. The topological polar surface area (TPSA) is 64.5 Å². The number of carboxylic acids is 1. The molecule has 0 aromatic heterocycles. The van der Waals surface area contributed by atoms with Gasteiger partial charge in [0.15, 0.2) is 0 Å². The van der Waals surface area contributed by atoms with E-state index >= 15 is 0 Å². The molecule has 0 unspecified atom stereocenters. The predicted molar refractivity (Wildman–Crippen MR) is 82.9 cm³/mol. The van der Waals surface area contributed by atoms with Gasteiger partial charge >= 0.3 is 0 Å². The molecule has 0 spiro atoms. The number of carbonyl (C=O) groups excluding carboxylic acids is 1. The Labute approximate surface area is 128 Å². The van der Waals surface area contributed by atoms with Crippen LogP contribution in [-0.4, -0.2) is 12.2 Å². The largest absolute Gasteiger partial charge is 0.545 e. The van der Waals surface area contributed by atoms with Crippen molar-refractivity contribution in [1.29, 1.82) is 0 Å². The first-order valence-corrected chi connectivity index (χ1v) is 6.72. The highest BCUT2D eigenvalue weighted by Gasteiger charge is 2.02. The van der Waals surface area contributed by atoms with Crippen LogP contribution in [0.4, 0.5) is 5.69 Å². The van der Waals surface area contributed by atoms with Crippen LogP contribution in [0.25, 0.3) is 0 Å². The Morgan fingerprint density at radius 1 is 1.24 bits per heavy atom. The summed E-state index contributed by atoms with van der Waals surface area (Å²) in [7, 11) is 0. The van der Waals surface area contributed by atoms with Gasteiger partial charge in [0.25, 0.3) is 0 Å². The molecule has 108 valence electrons. The number of halogens is 1. The summed E-state index contributed by atoms with van der Waals surface area (Å²) in [6.07, 6.45) is 1.67. The molecule has 2 aromatic carbocycles. The molecule has 0 atom stereocenters. The van der Waals surface area contributed by atoms with Crippen LogP contribution < -0.4 is 10.5 Å². The quantitative estimate of drug-likeness (QED) is 0.697. The fraction of sp³-hybridized carbons (Fsp3) is 0.125. The molecule has 0 fully saturated rings. The van der Waals surface area contributed by atoms with Gasteiger partial charge in [-0.15, -0.1) is 0 Å². The normalized spacial score (nSPS) is 10.8. The van der Waals surface area contributed by atoms with E-state index in [1.54, 1.807) is 6.21 Å². The molecule has 0 radical (unpaired) electrons. The van der Waals surface area contributed by atoms with Gasteiger partial charge in [-0.25, -0.2) is 0 Å². The average molecular weight is 302 g/mol. The van der Waals surface area contributed by atoms with Crippen LogP contribution in [0.1, 0.15) is 27.0 Å². The van der Waals surface area contributed by atoms with E-state index in [1.807, 2.05) is 32.0 Å². The predicted octanol–water partition coefficient (Wildman–Crippen LogP) is 2.77. The van der Waals surface area contributed by atoms with E-state index in [2.05, 4.69) is 10.5 Å². The van der Waals surface area contributed by atoms with Crippen LogP contribution in [0.5, 0.6) is 0 Å². The molecule has 0 bridgehead atoms. The number of anilines is 1. The van der Waals surface area contributed by atoms with E-state index < -0.39 is 5.97 Å². The number of nitrogens with zero attached hydrogens (tertiary/aromatic N) is 1. The van der Waals surface area contributed by atoms with E-state index in [9.17, 15) is 9.90 Å². The maximum atomic E-state index is 10.8. The lowest BCUT2D eigenvalue weighted by atomic mass is 10.1. The average Bonchev–Trinajstić information content (AvgIpc) is 2.44. The Hall–Kier alpha value is -2.33. The number of aryl methyl sites for hydroxylation is 2. The molecule has 0 amide bonds. The first-order chi connectivity index (χ1) is 9.97. The smallest absolute Gasteiger partial charge is 0.0754 e. The number of carboxylic acid groups (broad SMARTS) is 1. The number of rotatable bonds is 4. The first kappa shape index (κ1) is 15.1. The van der Waals surface area contributed by atoms with Crippen molar-refractivity contribution >= 4 is 29.5 Å². The van der Waals surface area contributed by atoms with Gasteiger partial charge in [-0.3, -0.25) is 5.43 Å². The Morgan fingerprint density at radius 3 is 2.71 bits per heavy atom. The maximum Gasteiger partial charge on any atom is 0.0754 e. The number of hydrogen-bond acceptors (Lipinski definition) is 4. The van der Waals surface area contributed by atoms with Crippen molar-refractivity contribution in [3.05, 3.63) is 63.7 Å². The van der Waals surface area contributed by atoms with Crippen molar-refractivity contribution in [2.75, 3.05) is 5.43 Å². The lowest BCUT2D eigenvalue weighted by molar-refractivity contribution is -0.255. The van der Waals surface area contributed by atoms with Crippen molar-refractivity contribution in [3.63, 3.8) is 0 Å². The molecular formula is C16H14ClN2O2-. The van der Waals surface area contributed by atoms with Gasteiger partial charge in [-0.05, 0) is 42.7 Å². The van der Waals surface area contributed by atoms with Crippen molar-refractivity contribution in [2.24, 2.45) is 5.10 Å². The first-order valence-electron chi connectivity index (χ1n) is 6.34. The SMILES string of the molecule is Cc1ccc(C)c(/C=N\Nc2cc(C(=O)[O-])ccc2Cl)c1. The van der Waals surface area contributed by atoms with Gasteiger partial charge in [0.05, 0.1) is 22.9 Å². The van der Waals surface area contributed by atoms with Crippen LogP contribution in [0.3, 0.4) is 0 Å². The molecule has 4 nitrogen and oxygen atoms in total. The van der Waals surface area contributed by atoms with Gasteiger partial charge in [0, 0.05) is 0 Å². The number of nitrogens with one attached hydrogen (secondary N) is 1. The second-order valence-electron chi connectivity index (χ2n) is 4.71. The van der Waals surface area contributed by atoms with E-state index in [0.29, 0.717) is 10.7 Å². The van der Waals surface area contributed by atoms with E-state index in [-0.39, 0.29) is 5.56 Å². The lowest BCUT2D eigenvalue weighted by Gasteiger charge is -2.08. The Kier molecular flexibility index (Phi) is 4.60. The number of benzene rings is 2. The molecule has 5 heteroatoms. The highest BCUT2D eigenvalue weighted by molar-refractivity contribution is 6.33. The van der Waals surface area contributed by atoms with E-state index in [0.717, 1.165) is 16.7 Å². The Bertz CT molecular complexity index is 711. The van der Waals surface area contributed by atoms with Gasteiger partial charge in [-0.2, -0.15) is 5.10 Å². The molecule has 0 saturated carbocycles. The number of hydrogen-bond donors (Lipinski definition) is 1. The van der Waals surface area contributed by atoms with Crippen molar-refractivity contribution in [1.82, 2.24) is 0 Å². The van der Waals surface area contributed by atoms with Crippen molar-refractivity contribution in [3.8, 4) is 0 Å². The summed E-state index contributed by atoms with van der Waals surface area (Å²) >= 11 is 5.99. The van der Waals surface area contributed by atoms with Crippen LogP contribution in [0, 0.1) is 13.8 Å². The van der Waals surface area contributed by atoms with Gasteiger partial charge in [0.2, 0.25) is 0 Å². The second kappa shape index (κ2) is 6.41. The maximum absolute atomic E-state index is 10.8.